The summed E-state index contributed by atoms with van der Waals surface area (Å²) in [6.07, 6.45) is 7.00. The van der Waals surface area contributed by atoms with Crippen molar-refractivity contribution < 1.29 is 32.5 Å². The molecule has 7 nitrogen and oxygen atoms in total. The van der Waals surface area contributed by atoms with Gasteiger partial charge in [0, 0.05) is 23.5 Å². The molecule has 1 aliphatic rings. The van der Waals surface area contributed by atoms with E-state index in [1.807, 2.05) is 0 Å². The first-order valence-corrected chi connectivity index (χ1v) is 14.8. The molecule has 5 aromatic rings. The molecule has 1 atom stereocenters. The smallest absolute Gasteiger partial charge is 0.290 e. The van der Waals surface area contributed by atoms with Gasteiger partial charge in [0.2, 0.25) is 5.82 Å². The highest BCUT2D eigenvalue weighted by Gasteiger charge is 2.37. The molecular formula is C32H30F3N3O4S. The number of carboxylic acid groups (broad SMARTS) is 1. The third kappa shape index (κ3) is 5.50. The van der Waals surface area contributed by atoms with Crippen LogP contribution in [0.1, 0.15) is 42.7 Å². The number of ether oxygens (including phenoxy) is 2. The van der Waals surface area contributed by atoms with Gasteiger partial charge in [-0.1, -0.05) is 31.5 Å². The molecule has 0 bridgehead atoms. The number of fused-ring (bicyclic) bond motifs is 2. The number of nitrogens with zero attached hydrogens (tertiary/aromatic N) is 1. The van der Waals surface area contributed by atoms with Crippen molar-refractivity contribution in [3.63, 3.8) is 0 Å². The number of hydrogen-bond donors (Lipinski definition) is 3. The Labute approximate surface area is 250 Å². The second-order valence-corrected chi connectivity index (χ2v) is 11.1. The van der Waals surface area contributed by atoms with Gasteiger partial charge in [-0.25, -0.2) is 13.8 Å². The molecule has 0 saturated carbocycles. The first-order chi connectivity index (χ1) is 20.8. The fourth-order valence-corrected chi connectivity index (χ4v) is 6.26. The zero-order valence-electron chi connectivity index (χ0n) is 23.8. The Hall–Kier alpha value is -4.22. The summed E-state index contributed by atoms with van der Waals surface area (Å²) in [6, 6.07) is 12.0. The van der Waals surface area contributed by atoms with Crippen LogP contribution < -0.4 is 4.74 Å². The van der Waals surface area contributed by atoms with Crippen molar-refractivity contribution in [2.45, 2.75) is 43.6 Å². The second-order valence-electron chi connectivity index (χ2n) is 10.3. The van der Waals surface area contributed by atoms with E-state index in [0.29, 0.717) is 29.3 Å². The molecule has 43 heavy (non-hydrogen) atoms. The summed E-state index contributed by atoms with van der Waals surface area (Å²) in [5, 5.41) is 7.39. The highest BCUT2D eigenvalue weighted by molar-refractivity contribution is 7.99. The van der Waals surface area contributed by atoms with Gasteiger partial charge in [-0.2, -0.15) is 4.39 Å². The molecule has 1 aliphatic heterocycles. The molecule has 224 valence electrons. The molecule has 0 radical (unpaired) electrons. The molecule has 0 spiro atoms. The van der Waals surface area contributed by atoms with Gasteiger partial charge in [0.15, 0.2) is 11.6 Å². The van der Waals surface area contributed by atoms with Gasteiger partial charge in [0.25, 0.3) is 6.47 Å². The number of H-pyrrole nitrogens is 2. The van der Waals surface area contributed by atoms with Gasteiger partial charge >= 0.3 is 0 Å². The maximum absolute atomic E-state index is 15.1. The first-order valence-electron chi connectivity index (χ1n) is 13.6. The molecule has 0 aliphatic carbocycles. The summed E-state index contributed by atoms with van der Waals surface area (Å²) >= 11 is 1.24. The summed E-state index contributed by atoms with van der Waals surface area (Å²) in [4.78, 5) is 19.3. The van der Waals surface area contributed by atoms with E-state index in [2.05, 4.69) is 47.0 Å². The van der Waals surface area contributed by atoms with Crippen molar-refractivity contribution in [2.75, 3.05) is 12.9 Å². The van der Waals surface area contributed by atoms with Crippen LogP contribution in [0.4, 0.5) is 13.2 Å². The summed E-state index contributed by atoms with van der Waals surface area (Å²) in [5.74, 6) is -2.47. The van der Waals surface area contributed by atoms with E-state index < -0.39 is 22.9 Å². The molecule has 3 heterocycles. The minimum atomic E-state index is -1.11. The number of aryl methyl sites for hydroxylation is 1. The summed E-state index contributed by atoms with van der Waals surface area (Å²) in [7, 11) is 0. The summed E-state index contributed by atoms with van der Waals surface area (Å²) < 4.78 is 56.8. The van der Waals surface area contributed by atoms with Crippen molar-refractivity contribution in [3.05, 3.63) is 94.7 Å². The number of imidazole rings is 1. The number of aromatic amines is 2. The lowest BCUT2D eigenvalue weighted by Crippen LogP contribution is -2.35. The first kappa shape index (κ1) is 30.2. The third-order valence-electron chi connectivity index (χ3n) is 7.62. The Balaban J connectivity index is 0.00000118. The lowest BCUT2D eigenvalue weighted by atomic mass is 9.75. The van der Waals surface area contributed by atoms with Crippen LogP contribution >= 0.6 is 11.8 Å². The zero-order valence-corrected chi connectivity index (χ0v) is 24.6. The van der Waals surface area contributed by atoms with Gasteiger partial charge in [0.05, 0.1) is 34.6 Å². The normalized spacial score (nSPS) is 16.0. The van der Waals surface area contributed by atoms with Gasteiger partial charge in [-0.05, 0) is 60.6 Å². The lowest BCUT2D eigenvalue weighted by Gasteiger charge is -2.36. The van der Waals surface area contributed by atoms with E-state index in [-0.39, 0.29) is 29.1 Å². The monoisotopic (exact) mass is 609 g/mol. The van der Waals surface area contributed by atoms with Crippen molar-refractivity contribution >= 4 is 29.1 Å². The van der Waals surface area contributed by atoms with Crippen LogP contribution in [0.25, 0.3) is 22.3 Å². The van der Waals surface area contributed by atoms with Crippen LogP contribution in [0.3, 0.4) is 0 Å². The van der Waals surface area contributed by atoms with Crippen molar-refractivity contribution in [3.8, 4) is 22.9 Å². The van der Waals surface area contributed by atoms with E-state index >= 15 is 8.78 Å². The zero-order chi connectivity index (χ0) is 30.7. The van der Waals surface area contributed by atoms with Crippen LogP contribution in [0.5, 0.6) is 11.5 Å². The van der Waals surface area contributed by atoms with Crippen LogP contribution in [-0.2, 0) is 28.0 Å². The molecule has 3 aromatic carbocycles. The number of hydrogen-bond acceptors (Lipinski definition) is 5. The number of carbonyl (C=O) groups is 1. The average Bonchev–Trinajstić information content (AvgIpc) is 3.69. The van der Waals surface area contributed by atoms with Crippen LogP contribution in [-0.4, -0.2) is 39.4 Å². The molecule has 0 amide bonds. The van der Waals surface area contributed by atoms with E-state index in [4.69, 9.17) is 19.4 Å². The number of aromatic nitrogens is 3. The topological polar surface area (TPSA) is 100 Å². The molecule has 0 unspecified atom stereocenters. The summed E-state index contributed by atoms with van der Waals surface area (Å²) in [6.45, 7) is 5.00. The Kier molecular flexibility index (Phi) is 8.84. The molecule has 11 heteroatoms. The van der Waals surface area contributed by atoms with Crippen molar-refractivity contribution in [1.29, 1.82) is 0 Å². The minimum Gasteiger partial charge on any atom is -0.483 e. The van der Waals surface area contributed by atoms with Crippen LogP contribution in [0.15, 0.2) is 59.8 Å². The minimum absolute atomic E-state index is 0.0701. The van der Waals surface area contributed by atoms with Crippen LogP contribution in [0, 0.1) is 17.5 Å². The molecule has 2 aromatic heterocycles. The molecule has 6 rings (SSSR count). The third-order valence-corrected chi connectivity index (χ3v) is 8.43. The number of nitrogens with one attached hydrogen (secondary N) is 2. The molecular weight excluding hydrogens is 579 g/mol. The average molecular weight is 610 g/mol. The fraction of sp³-hybridized carbons (Fsp3) is 0.250. The van der Waals surface area contributed by atoms with E-state index in [1.54, 1.807) is 24.7 Å². The number of rotatable bonds is 7. The maximum atomic E-state index is 15.1. The van der Waals surface area contributed by atoms with Crippen molar-refractivity contribution in [1.82, 2.24) is 15.0 Å². The number of benzene rings is 3. The van der Waals surface area contributed by atoms with E-state index in [1.165, 1.54) is 46.7 Å². The highest BCUT2D eigenvalue weighted by Crippen LogP contribution is 2.43. The van der Waals surface area contributed by atoms with Gasteiger partial charge in [-0.15, -0.1) is 11.8 Å². The van der Waals surface area contributed by atoms with Gasteiger partial charge in [0.1, 0.15) is 17.4 Å². The SMILES string of the molecule is CCCc1cccc2c1COC[C@]2(C)c1cnc(-c2cc(Oc3c(F)c(F)c4[nH]ccc4c3SC)ccc2F)[nH]1.O=CO. The van der Waals surface area contributed by atoms with E-state index in [9.17, 15) is 4.39 Å². The van der Waals surface area contributed by atoms with Crippen LogP contribution in [0.2, 0.25) is 0 Å². The van der Waals surface area contributed by atoms with Gasteiger partial charge in [-0.3, -0.25) is 4.79 Å². The maximum Gasteiger partial charge on any atom is 0.290 e. The predicted molar refractivity (Wildman–Crippen MR) is 159 cm³/mol. The Bertz CT molecular complexity index is 1790. The second kappa shape index (κ2) is 12.6. The van der Waals surface area contributed by atoms with E-state index in [0.717, 1.165) is 18.5 Å². The Morgan fingerprint density at radius 2 is 1.98 bits per heavy atom. The highest BCUT2D eigenvalue weighted by atomic mass is 32.2. The molecule has 0 saturated heterocycles. The fourth-order valence-electron chi connectivity index (χ4n) is 5.55. The molecule has 3 N–H and O–H groups in total. The van der Waals surface area contributed by atoms with Crippen molar-refractivity contribution in [2.24, 2.45) is 0 Å². The summed E-state index contributed by atoms with van der Waals surface area (Å²) in [5.41, 5.74) is 4.13. The number of halogens is 3. The number of thioether (sulfide) groups is 1. The van der Waals surface area contributed by atoms with Gasteiger partial charge < -0.3 is 24.5 Å². The largest absolute Gasteiger partial charge is 0.483 e. The Morgan fingerprint density at radius 3 is 2.72 bits per heavy atom. The Morgan fingerprint density at radius 1 is 1.19 bits per heavy atom. The quantitative estimate of drug-likeness (QED) is 0.128. The lowest BCUT2D eigenvalue weighted by molar-refractivity contribution is -0.122. The molecule has 0 fully saturated rings. The standard InChI is InChI=1S/C31H28F3N3O2S.CH2O2/c1-4-6-17-7-5-8-22-21(17)15-38-16-31(22,2)24-14-36-30(37-24)20-13-18(9-10-23(20)32)39-28-26(34)25(33)27-19(11-12-35-27)29(28)40-3;2-1-3/h5,7-14,35H,4,6,15-16H2,1-3H3,(H,36,37);1H,(H,2,3)/t31-;/m0./s1. The predicted octanol–water partition coefficient (Wildman–Crippen LogP) is 7.98.